The topological polar surface area (TPSA) is 79.3 Å². The highest BCUT2D eigenvalue weighted by Gasteiger charge is 2.44. The van der Waals surface area contributed by atoms with Crippen LogP contribution in [0.15, 0.2) is 47.0 Å². The van der Waals surface area contributed by atoms with Crippen LogP contribution < -0.4 is 9.47 Å². The zero-order chi connectivity index (χ0) is 24.7. The number of carbonyl (C=O) groups excluding carboxylic acids is 2. The Balaban J connectivity index is 2.05. The molecule has 1 amide bonds. The molecule has 0 saturated carbocycles. The Morgan fingerprint density at radius 3 is 2.50 bits per heavy atom. The molecule has 3 rings (SSSR count). The molecule has 7 nitrogen and oxygen atoms in total. The van der Waals surface area contributed by atoms with Crippen LogP contribution in [0.3, 0.4) is 0 Å². The summed E-state index contributed by atoms with van der Waals surface area (Å²) in [7, 11) is 0. The van der Waals surface area contributed by atoms with E-state index in [1.807, 2.05) is 37.4 Å². The van der Waals surface area contributed by atoms with Gasteiger partial charge in [-0.15, -0.1) is 11.3 Å². The summed E-state index contributed by atoms with van der Waals surface area (Å²) in [6.45, 7) is 11.8. The zero-order valence-corrected chi connectivity index (χ0v) is 21.2. The normalized spacial score (nSPS) is 16.0. The predicted octanol–water partition coefficient (Wildman–Crippen LogP) is 4.86. The summed E-state index contributed by atoms with van der Waals surface area (Å²) in [6.07, 6.45) is 0.861. The Labute approximate surface area is 205 Å². The first kappa shape index (κ1) is 25.8. The van der Waals surface area contributed by atoms with Gasteiger partial charge in [-0.2, -0.15) is 0 Å². The maximum atomic E-state index is 13.4. The lowest BCUT2D eigenvalue weighted by molar-refractivity contribution is -0.129. The number of carbonyl (C=O) groups is 2. The van der Waals surface area contributed by atoms with Crippen LogP contribution in [0.1, 0.15) is 55.4 Å². The number of hydrogen-bond donors (Lipinski definition) is 1. The van der Waals surface area contributed by atoms with Crippen molar-refractivity contribution in [2.75, 3.05) is 39.4 Å². The zero-order valence-electron chi connectivity index (χ0n) is 20.4. The van der Waals surface area contributed by atoms with Crippen molar-refractivity contribution in [3.05, 3.63) is 57.5 Å². The summed E-state index contributed by atoms with van der Waals surface area (Å²) in [5.41, 5.74) is 0.806. The number of amides is 1. The van der Waals surface area contributed by atoms with Crippen LogP contribution >= 0.6 is 11.3 Å². The van der Waals surface area contributed by atoms with Crippen molar-refractivity contribution >= 4 is 23.0 Å². The molecule has 0 fully saturated rings. The van der Waals surface area contributed by atoms with Crippen molar-refractivity contribution in [2.24, 2.45) is 0 Å². The fourth-order valence-electron chi connectivity index (χ4n) is 4.09. The lowest BCUT2D eigenvalue weighted by atomic mass is 9.95. The molecule has 1 atom stereocenters. The molecule has 34 heavy (non-hydrogen) atoms. The lowest BCUT2D eigenvalue weighted by Gasteiger charge is -2.29. The first-order valence-electron chi connectivity index (χ1n) is 11.9. The standard InChI is InChI=1S/C26H34N2O5S/c1-5-15-33-19-12-11-18(17-20(19)32-8-4)23-22(24(29)21-10-9-16-34-21)25(30)26(31)28(23)14-13-27(6-2)7-3/h9-12,16-17,23,30H,5-8,13-15H2,1-4H3. The molecule has 1 unspecified atom stereocenters. The number of nitrogens with zero attached hydrogens (tertiary/aromatic N) is 2. The monoisotopic (exact) mass is 486 g/mol. The number of aliphatic hydroxyl groups is 1. The number of ketones is 1. The van der Waals surface area contributed by atoms with E-state index in [4.69, 9.17) is 9.47 Å². The average molecular weight is 487 g/mol. The molecule has 2 heterocycles. The third-order valence-electron chi connectivity index (χ3n) is 5.89. The van der Waals surface area contributed by atoms with Crippen molar-refractivity contribution in [3.8, 4) is 11.5 Å². The first-order chi connectivity index (χ1) is 16.5. The second-order valence-electron chi connectivity index (χ2n) is 7.98. The van der Waals surface area contributed by atoms with E-state index < -0.39 is 17.7 Å². The van der Waals surface area contributed by atoms with E-state index in [-0.39, 0.29) is 11.4 Å². The maximum absolute atomic E-state index is 13.4. The summed E-state index contributed by atoms with van der Waals surface area (Å²) in [6, 6.07) is 8.25. The predicted molar refractivity (Wildman–Crippen MR) is 134 cm³/mol. The molecule has 1 aromatic heterocycles. The number of Topliss-reactive ketones (excluding diaryl/α,β-unsaturated/α-hetero) is 1. The largest absolute Gasteiger partial charge is 0.503 e. The fraction of sp³-hybridized carbons (Fsp3) is 0.462. The van der Waals surface area contributed by atoms with Crippen LogP contribution in [-0.2, 0) is 4.79 Å². The van der Waals surface area contributed by atoms with Gasteiger partial charge in [0.25, 0.3) is 5.91 Å². The fourth-order valence-corrected chi connectivity index (χ4v) is 4.76. The van der Waals surface area contributed by atoms with E-state index in [0.717, 1.165) is 19.5 Å². The van der Waals surface area contributed by atoms with Gasteiger partial charge in [0.1, 0.15) is 0 Å². The molecule has 0 saturated heterocycles. The van der Waals surface area contributed by atoms with Crippen LogP contribution in [0.5, 0.6) is 11.5 Å². The molecule has 0 aliphatic carbocycles. The minimum absolute atomic E-state index is 0.108. The number of rotatable bonds is 13. The van der Waals surface area contributed by atoms with Crippen molar-refractivity contribution in [3.63, 3.8) is 0 Å². The Hall–Kier alpha value is -2.84. The van der Waals surface area contributed by atoms with Gasteiger partial charge < -0.3 is 24.4 Å². The maximum Gasteiger partial charge on any atom is 0.290 e. The van der Waals surface area contributed by atoms with Crippen molar-refractivity contribution < 1.29 is 24.2 Å². The van der Waals surface area contributed by atoms with Crippen molar-refractivity contribution in [1.82, 2.24) is 9.80 Å². The van der Waals surface area contributed by atoms with Crippen molar-refractivity contribution in [1.29, 1.82) is 0 Å². The molecule has 0 bridgehead atoms. The highest BCUT2D eigenvalue weighted by atomic mass is 32.1. The van der Waals surface area contributed by atoms with Gasteiger partial charge in [0.15, 0.2) is 17.3 Å². The molecule has 0 spiro atoms. The summed E-state index contributed by atoms with van der Waals surface area (Å²) in [5, 5.41) is 12.7. The minimum atomic E-state index is -0.711. The SMILES string of the molecule is CCCOc1ccc(C2C(C(=O)c3cccs3)=C(O)C(=O)N2CCN(CC)CC)cc1OCC. The summed E-state index contributed by atoms with van der Waals surface area (Å²) >= 11 is 1.29. The van der Waals surface area contributed by atoms with Gasteiger partial charge in [0, 0.05) is 13.1 Å². The molecule has 184 valence electrons. The molecular formula is C26H34N2O5S. The average Bonchev–Trinajstić information content (AvgIpc) is 3.47. The van der Waals surface area contributed by atoms with Crippen LogP contribution in [0.2, 0.25) is 0 Å². The third-order valence-corrected chi connectivity index (χ3v) is 6.76. The van der Waals surface area contributed by atoms with Crippen molar-refractivity contribution in [2.45, 2.75) is 40.2 Å². The van der Waals surface area contributed by atoms with E-state index >= 15 is 0 Å². The number of benzene rings is 1. The molecule has 1 aliphatic heterocycles. The van der Waals surface area contributed by atoms with Crippen LogP contribution in [0.25, 0.3) is 0 Å². The second kappa shape index (κ2) is 12.0. The molecule has 1 N–H and O–H groups in total. The smallest absolute Gasteiger partial charge is 0.290 e. The van der Waals surface area contributed by atoms with Gasteiger partial charge in [0.2, 0.25) is 5.78 Å². The van der Waals surface area contributed by atoms with Crippen LogP contribution in [0.4, 0.5) is 0 Å². The van der Waals surface area contributed by atoms with Crippen LogP contribution in [0, 0.1) is 0 Å². The summed E-state index contributed by atoms with van der Waals surface area (Å²) in [4.78, 5) is 30.9. The van der Waals surface area contributed by atoms with Gasteiger partial charge in [-0.1, -0.05) is 32.9 Å². The molecule has 2 aromatic rings. The lowest BCUT2D eigenvalue weighted by Crippen LogP contribution is -2.38. The minimum Gasteiger partial charge on any atom is -0.503 e. The molecule has 0 radical (unpaired) electrons. The number of ether oxygens (including phenoxy) is 2. The van der Waals surface area contributed by atoms with Gasteiger partial charge in [-0.05, 0) is 55.6 Å². The number of aliphatic hydroxyl groups excluding tert-OH is 1. The Kier molecular flexibility index (Phi) is 9.12. The van der Waals surface area contributed by atoms with E-state index in [1.165, 1.54) is 11.3 Å². The van der Waals surface area contributed by atoms with E-state index in [9.17, 15) is 14.7 Å². The van der Waals surface area contributed by atoms with Gasteiger partial charge in [0.05, 0.1) is 29.7 Å². The number of hydrogen-bond acceptors (Lipinski definition) is 7. The van der Waals surface area contributed by atoms with Gasteiger partial charge >= 0.3 is 0 Å². The summed E-state index contributed by atoms with van der Waals surface area (Å²) < 4.78 is 11.7. The van der Waals surface area contributed by atoms with Crippen LogP contribution in [-0.4, -0.2) is 66.0 Å². The van der Waals surface area contributed by atoms with Gasteiger partial charge in [-0.25, -0.2) is 0 Å². The van der Waals surface area contributed by atoms with E-state index in [2.05, 4.69) is 18.7 Å². The molecule has 1 aliphatic rings. The summed E-state index contributed by atoms with van der Waals surface area (Å²) in [5.74, 6) is -0.168. The quantitative estimate of drug-likeness (QED) is 0.408. The molecular weight excluding hydrogens is 452 g/mol. The third kappa shape index (κ3) is 5.45. The highest BCUT2D eigenvalue weighted by Crippen LogP contribution is 2.42. The number of thiophene rings is 1. The molecule has 1 aromatic carbocycles. The highest BCUT2D eigenvalue weighted by molar-refractivity contribution is 7.12. The number of likely N-dealkylation sites (N-methyl/N-ethyl adjacent to an activating group) is 1. The Bertz CT molecular complexity index is 1010. The second-order valence-corrected chi connectivity index (χ2v) is 8.93. The molecule has 8 heteroatoms. The van der Waals surface area contributed by atoms with E-state index in [0.29, 0.717) is 48.2 Å². The van der Waals surface area contributed by atoms with Gasteiger partial charge in [-0.3, -0.25) is 9.59 Å². The van der Waals surface area contributed by atoms with E-state index in [1.54, 1.807) is 17.0 Å². The Morgan fingerprint density at radius 2 is 1.88 bits per heavy atom. The first-order valence-corrected chi connectivity index (χ1v) is 12.8. The Morgan fingerprint density at radius 1 is 1.12 bits per heavy atom.